The van der Waals surface area contributed by atoms with Gasteiger partial charge in [0.15, 0.2) is 4.80 Å². The van der Waals surface area contributed by atoms with E-state index in [1.165, 1.54) is 11.3 Å². The number of ether oxygens (including phenoxy) is 1. The number of aromatic nitrogens is 2. The van der Waals surface area contributed by atoms with E-state index in [1.807, 2.05) is 72.8 Å². The molecule has 2 aromatic heterocycles. The van der Waals surface area contributed by atoms with Gasteiger partial charge >= 0.3 is 5.97 Å². The molecule has 3 heterocycles. The second kappa shape index (κ2) is 10.8. The minimum atomic E-state index is -0.632. The first kappa shape index (κ1) is 26.0. The van der Waals surface area contributed by atoms with E-state index in [1.54, 1.807) is 18.4 Å². The van der Waals surface area contributed by atoms with Crippen molar-refractivity contribution in [2.45, 2.75) is 26.4 Å². The summed E-state index contributed by atoms with van der Waals surface area (Å²) >= 11 is 7.84. The number of nitrogens with zero attached hydrogens (tertiary/aromatic N) is 3. The van der Waals surface area contributed by atoms with Gasteiger partial charge in [-0.25, -0.2) is 9.79 Å². The van der Waals surface area contributed by atoms with Crippen molar-refractivity contribution in [2.75, 3.05) is 6.61 Å². The zero-order chi connectivity index (χ0) is 27.8. The summed E-state index contributed by atoms with van der Waals surface area (Å²) < 4.78 is 9.70. The third kappa shape index (κ3) is 4.61. The predicted molar refractivity (Wildman–Crippen MR) is 159 cm³/mol. The summed E-state index contributed by atoms with van der Waals surface area (Å²) in [6.07, 6.45) is 1.91. The Kier molecular flexibility index (Phi) is 7.00. The number of thiazole rings is 1. The van der Waals surface area contributed by atoms with Crippen molar-refractivity contribution in [1.29, 1.82) is 0 Å². The average Bonchev–Trinajstić information content (AvgIpc) is 3.46. The van der Waals surface area contributed by atoms with Crippen molar-refractivity contribution in [3.63, 3.8) is 0 Å². The van der Waals surface area contributed by atoms with E-state index in [4.69, 9.17) is 16.3 Å². The van der Waals surface area contributed by atoms with Crippen LogP contribution in [-0.4, -0.2) is 21.7 Å². The highest BCUT2D eigenvalue weighted by Gasteiger charge is 2.33. The molecular formula is C32H26ClN3O3S. The Labute approximate surface area is 239 Å². The molecule has 3 aromatic carbocycles. The van der Waals surface area contributed by atoms with E-state index in [0.29, 0.717) is 32.2 Å². The number of hydrogen-bond donors (Lipinski definition) is 0. The summed E-state index contributed by atoms with van der Waals surface area (Å²) in [5.74, 6) is -0.466. The van der Waals surface area contributed by atoms with Crippen molar-refractivity contribution < 1.29 is 9.53 Å². The van der Waals surface area contributed by atoms with E-state index < -0.39 is 12.0 Å². The van der Waals surface area contributed by atoms with Crippen LogP contribution in [0.5, 0.6) is 0 Å². The number of hydrogen-bond acceptors (Lipinski definition) is 5. The summed E-state index contributed by atoms with van der Waals surface area (Å²) in [6.45, 7) is 4.34. The van der Waals surface area contributed by atoms with Crippen LogP contribution in [0.2, 0.25) is 5.02 Å². The normalized spacial score (nSPS) is 15.3. The van der Waals surface area contributed by atoms with Gasteiger partial charge in [0.2, 0.25) is 0 Å². The molecule has 1 aliphatic heterocycles. The van der Waals surface area contributed by atoms with E-state index in [-0.39, 0.29) is 12.2 Å². The number of allylic oxidation sites excluding steroid dienone is 1. The number of fused-ring (bicyclic) bond motifs is 2. The van der Waals surface area contributed by atoms with Crippen molar-refractivity contribution in [3.8, 4) is 0 Å². The summed E-state index contributed by atoms with van der Waals surface area (Å²) in [5, 5.41) is 1.76. The zero-order valence-electron chi connectivity index (χ0n) is 22.0. The molecule has 1 atom stereocenters. The summed E-state index contributed by atoms with van der Waals surface area (Å²) in [5.41, 5.74) is 4.45. The Balaban J connectivity index is 1.55. The van der Waals surface area contributed by atoms with Gasteiger partial charge in [0.05, 0.1) is 28.5 Å². The quantitative estimate of drug-likeness (QED) is 0.256. The van der Waals surface area contributed by atoms with Gasteiger partial charge in [0.25, 0.3) is 5.56 Å². The fraction of sp³-hybridized carbons (Fsp3) is 0.156. The Morgan fingerprint density at radius 3 is 2.55 bits per heavy atom. The number of para-hydroxylation sites is 1. The standard InChI is InChI=1S/C32H26ClN3O3S/c1-3-39-31(38)28-20(2)34-32-36(29(28)21-11-5-4-6-12-21)30(37)27(40-32)18-24-17-22-13-8-10-16-26(22)35(24)19-23-14-7-9-15-25(23)33/h4-18,29H,3,19H2,1-2H3/b27-18+. The number of carbonyl (C=O) groups excluding carboxylic acids is 1. The highest BCUT2D eigenvalue weighted by Crippen LogP contribution is 2.30. The molecule has 5 aromatic rings. The molecule has 40 heavy (non-hydrogen) atoms. The minimum Gasteiger partial charge on any atom is -0.463 e. The molecule has 0 fully saturated rings. The SMILES string of the molecule is CCOC(=O)C1=C(C)N=c2s/c(=C/c3cc4ccccc4n3Cc3ccccc3Cl)c(=O)n2C1c1ccccc1. The molecule has 0 saturated carbocycles. The summed E-state index contributed by atoms with van der Waals surface area (Å²) in [4.78, 5) is 32.4. The Morgan fingerprint density at radius 2 is 1.77 bits per heavy atom. The molecule has 6 rings (SSSR count). The Bertz CT molecular complexity index is 1970. The van der Waals surface area contributed by atoms with Crippen LogP contribution < -0.4 is 14.9 Å². The molecule has 0 N–H and O–H groups in total. The molecule has 0 radical (unpaired) electrons. The number of carbonyl (C=O) groups is 1. The van der Waals surface area contributed by atoms with Crippen LogP contribution in [0.3, 0.4) is 0 Å². The van der Waals surface area contributed by atoms with Gasteiger partial charge in [-0.1, -0.05) is 89.7 Å². The number of halogens is 1. The lowest BCUT2D eigenvalue weighted by atomic mass is 9.96. The molecule has 200 valence electrons. The van der Waals surface area contributed by atoms with Crippen LogP contribution in [0.25, 0.3) is 17.0 Å². The number of esters is 1. The topological polar surface area (TPSA) is 65.6 Å². The van der Waals surface area contributed by atoms with E-state index in [2.05, 4.69) is 27.8 Å². The minimum absolute atomic E-state index is 0.207. The fourth-order valence-electron chi connectivity index (χ4n) is 5.20. The maximum Gasteiger partial charge on any atom is 0.338 e. The predicted octanol–water partition coefficient (Wildman–Crippen LogP) is 5.45. The molecule has 1 aliphatic rings. The molecule has 0 bridgehead atoms. The Hall–Kier alpha value is -4.20. The second-order valence-corrected chi connectivity index (χ2v) is 10.9. The van der Waals surface area contributed by atoms with E-state index in [9.17, 15) is 9.59 Å². The first-order chi connectivity index (χ1) is 19.5. The molecule has 6 nitrogen and oxygen atoms in total. The molecule has 0 saturated heterocycles. The van der Waals surface area contributed by atoms with Gasteiger partial charge in [-0.15, -0.1) is 0 Å². The number of benzene rings is 3. The lowest BCUT2D eigenvalue weighted by molar-refractivity contribution is -0.139. The summed E-state index contributed by atoms with van der Waals surface area (Å²) in [7, 11) is 0. The molecule has 0 spiro atoms. The highest BCUT2D eigenvalue weighted by molar-refractivity contribution is 7.07. The van der Waals surface area contributed by atoms with Crippen LogP contribution in [0.4, 0.5) is 0 Å². The third-order valence-corrected chi connectivity index (χ3v) is 8.39. The van der Waals surface area contributed by atoms with Crippen molar-refractivity contribution >= 4 is 45.9 Å². The fourth-order valence-corrected chi connectivity index (χ4v) is 6.43. The smallest absolute Gasteiger partial charge is 0.338 e. The van der Waals surface area contributed by atoms with Crippen LogP contribution in [0, 0.1) is 0 Å². The zero-order valence-corrected chi connectivity index (χ0v) is 23.6. The van der Waals surface area contributed by atoms with Crippen LogP contribution in [-0.2, 0) is 16.1 Å². The van der Waals surface area contributed by atoms with Gasteiger partial charge in [-0.2, -0.15) is 0 Å². The number of rotatable bonds is 6. The lowest BCUT2D eigenvalue weighted by Gasteiger charge is -2.24. The first-order valence-electron chi connectivity index (χ1n) is 13.0. The maximum absolute atomic E-state index is 14.1. The third-order valence-electron chi connectivity index (χ3n) is 7.04. The van der Waals surface area contributed by atoms with Crippen LogP contribution in [0.1, 0.15) is 36.7 Å². The van der Waals surface area contributed by atoms with E-state index >= 15 is 0 Å². The van der Waals surface area contributed by atoms with Gasteiger partial charge < -0.3 is 9.30 Å². The van der Waals surface area contributed by atoms with Crippen LogP contribution >= 0.6 is 22.9 Å². The van der Waals surface area contributed by atoms with Crippen molar-refractivity contribution in [2.24, 2.45) is 4.99 Å². The van der Waals surface area contributed by atoms with Gasteiger partial charge in [0.1, 0.15) is 0 Å². The monoisotopic (exact) mass is 567 g/mol. The average molecular weight is 568 g/mol. The molecule has 0 aliphatic carbocycles. The maximum atomic E-state index is 14.1. The van der Waals surface area contributed by atoms with Gasteiger partial charge in [-0.3, -0.25) is 9.36 Å². The van der Waals surface area contributed by atoms with E-state index in [0.717, 1.165) is 27.7 Å². The summed E-state index contributed by atoms with van der Waals surface area (Å²) in [6, 6.07) is 26.9. The largest absolute Gasteiger partial charge is 0.463 e. The lowest BCUT2D eigenvalue weighted by Crippen LogP contribution is -2.40. The second-order valence-electron chi connectivity index (χ2n) is 9.52. The van der Waals surface area contributed by atoms with Gasteiger partial charge in [-0.05, 0) is 49.2 Å². The molecule has 8 heteroatoms. The Morgan fingerprint density at radius 1 is 1.05 bits per heavy atom. The first-order valence-corrected chi connectivity index (χ1v) is 14.2. The van der Waals surface area contributed by atoms with Crippen molar-refractivity contribution in [1.82, 2.24) is 9.13 Å². The molecule has 0 amide bonds. The highest BCUT2D eigenvalue weighted by atomic mass is 35.5. The van der Waals surface area contributed by atoms with Gasteiger partial charge in [0, 0.05) is 28.2 Å². The van der Waals surface area contributed by atoms with Crippen LogP contribution in [0.15, 0.2) is 106 Å². The molecule has 1 unspecified atom stereocenters. The van der Waals surface area contributed by atoms with Crippen molar-refractivity contribution in [3.05, 3.63) is 138 Å². The molecular weight excluding hydrogens is 542 g/mol.